The van der Waals surface area contributed by atoms with Gasteiger partial charge in [-0.15, -0.1) is 0 Å². The first kappa shape index (κ1) is 10.5. The van der Waals surface area contributed by atoms with Gasteiger partial charge in [0.25, 0.3) is 0 Å². The van der Waals surface area contributed by atoms with E-state index in [0.717, 1.165) is 0 Å². The van der Waals surface area contributed by atoms with Crippen molar-refractivity contribution in [1.29, 1.82) is 10.5 Å². The van der Waals surface area contributed by atoms with Gasteiger partial charge < -0.3 is 4.74 Å². The minimum atomic E-state index is -0.137. The van der Waals surface area contributed by atoms with E-state index in [9.17, 15) is 0 Å². The molecule has 0 saturated heterocycles. The Morgan fingerprint density at radius 2 is 1.92 bits per heavy atom. The van der Waals surface area contributed by atoms with Crippen LogP contribution < -0.4 is 0 Å². The van der Waals surface area contributed by atoms with Crippen molar-refractivity contribution in [2.45, 2.75) is 13.2 Å². The SMILES string of the molecule is CC(OC=C(C#N)C#N)N(C)C. The Bertz CT molecular complexity index is 228. The average molecular weight is 165 g/mol. The van der Waals surface area contributed by atoms with E-state index in [0.29, 0.717) is 0 Å². The van der Waals surface area contributed by atoms with Crippen molar-refractivity contribution >= 4 is 0 Å². The molecule has 0 aromatic carbocycles. The van der Waals surface area contributed by atoms with Crippen LogP contribution in [0.15, 0.2) is 11.8 Å². The lowest BCUT2D eigenvalue weighted by atomic mass is 10.4. The second-order valence-electron chi connectivity index (χ2n) is 2.45. The molecule has 0 N–H and O–H groups in total. The number of nitrogens with zero attached hydrogens (tertiary/aromatic N) is 3. The molecular weight excluding hydrogens is 154 g/mol. The Labute approximate surface area is 72.3 Å². The average Bonchev–Trinajstić information content (AvgIpc) is 2.05. The highest BCUT2D eigenvalue weighted by Gasteiger charge is 2.02. The number of hydrogen-bond acceptors (Lipinski definition) is 4. The van der Waals surface area contributed by atoms with Gasteiger partial charge in [-0.25, -0.2) is 0 Å². The normalized spacial score (nSPS) is 11.2. The van der Waals surface area contributed by atoms with Crippen molar-refractivity contribution in [2.75, 3.05) is 14.1 Å². The molecule has 0 aromatic heterocycles. The molecule has 4 nitrogen and oxygen atoms in total. The fourth-order valence-electron chi connectivity index (χ4n) is 0.366. The molecule has 0 aromatic rings. The summed E-state index contributed by atoms with van der Waals surface area (Å²) in [5.74, 6) is 0. The van der Waals surface area contributed by atoms with E-state index in [4.69, 9.17) is 15.3 Å². The van der Waals surface area contributed by atoms with Gasteiger partial charge >= 0.3 is 0 Å². The molecule has 0 saturated carbocycles. The summed E-state index contributed by atoms with van der Waals surface area (Å²) in [4.78, 5) is 1.82. The van der Waals surface area contributed by atoms with Crippen molar-refractivity contribution in [3.8, 4) is 12.1 Å². The fourth-order valence-corrected chi connectivity index (χ4v) is 0.366. The molecule has 0 radical (unpaired) electrons. The van der Waals surface area contributed by atoms with E-state index < -0.39 is 0 Å². The molecule has 0 heterocycles. The van der Waals surface area contributed by atoms with E-state index in [1.807, 2.05) is 25.9 Å². The van der Waals surface area contributed by atoms with Gasteiger partial charge in [0.05, 0.1) is 0 Å². The van der Waals surface area contributed by atoms with Crippen LogP contribution in [0.25, 0.3) is 0 Å². The second-order valence-corrected chi connectivity index (χ2v) is 2.45. The fraction of sp³-hybridized carbons (Fsp3) is 0.500. The van der Waals surface area contributed by atoms with Gasteiger partial charge in [-0.1, -0.05) is 0 Å². The van der Waals surface area contributed by atoms with Crippen LogP contribution in [0.2, 0.25) is 0 Å². The highest BCUT2D eigenvalue weighted by Crippen LogP contribution is 1.97. The lowest BCUT2D eigenvalue weighted by molar-refractivity contribution is 0.0400. The van der Waals surface area contributed by atoms with E-state index in [1.165, 1.54) is 6.26 Å². The Hall–Kier alpha value is -1.52. The van der Waals surface area contributed by atoms with Crippen molar-refractivity contribution < 1.29 is 4.74 Å². The van der Waals surface area contributed by atoms with Crippen LogP contribution in [-0.2, 0) is 4.74 Å². The summed E-state index contributed by atoms with van der Waals surface area (Å²) < 4.78 is 5.07. The third-order valence-electron chi connectivity index (χ3n) is 1.35. The Kier molecular flexibility index (Phi) is 4.52. The molecule has 0 aliphatic heterocycles. The van der Waals surface area contributed by atoms with Gasteiger partial charge in [0.1, 0.15) is 24.6 Å². The molecule has 0 spiro atoms. The zero-order valence-corrected chi connectivity index (χ0v) is 7.40. The Morgan fingerprint density at radius 3 is 2.25 bits per heavy atom. The summed E-state index contributed by atoms with van der Waals surface area (Å²) in [6.45, 7) is 1.82. The van der Waals surface area contributed by atoms with Crippen molar-refractivity contribution in [1.82, 2.24) is 4.90 Å². The van der Waals surface area contributed by atoms with Crippen LogP contribution >= 0.6 is 0 Å². The first-order chi connectivity index (χ1) is 5.61. The van der Waals surface area contributed by atoms with Crippen molar-refractivity contribution in [3.05, 3.63) is 11.8 Å². The smallest absolute Gasteiger partial charge is 0.164 e. The predicted octanol–water partition coefficient (Wildman–Crippen LogP) is 0.842. The maximum Gasteiger partial charge on any atom is 0.164 e. The highest BCUT2D eigenvalue weighted by atomic mass is 16.5. The molecule has 0 rings (SSSR count). The molecule has 64 valence electrons. The lowest BCUT2D eigenvalue weighted by Crippen LogP contribution is -2.25. The predicted molar refractivity (Wildman–Crippen MR) is 43.5 cm³/mol. The van der Waals surface area contributed by atoms with Gasteiger partial charge in [-0.3, -0.25) is 4.90 Å². The van der Waals surface area contributed by atoms with Gasteiger partial charge in [0.2, 0.25) is 0 Å². The minimum Gasteiger partial charge on any atom is -0.481 e. The molecule has 0 aliphatic rings. The maximum absolute atomic E-state index is 8.34. The van der Waals surface area contributed by atoms with E-state index in [-0.39, 0.29) is 11.8 Å². The summed E-state index contributed by atoms with van der Waals surface area (Å²) in [7, 11) is 3.69. The van der Waals surface area contributed by atoms with E-state index >= 15 is 0 Å². The van der Waals surface area contributed by atoms with Gasteiger partial charge in [-0.05, 0) is 21.0 Å². The molecule has 0 bridgehead atoms. The standard InChI is InChI=1S/C8H11N3O/c1-7(11(2)3)12-6-8(4-9)5-10/h6-7H,1-3H3. The third-order valence-corrected chi connectivity index (χ3v) is 1.35. The number of nitriles is 2. The second kappa shape index (κ2) is 5.17. The van der Waals surface area contributed by atoms with Crippen LogP contribution in [0.3, 0.4) is 0 Å². The summed E-state index contributed by atoms with van der Waals surface area (Å²) >= 11 is 0. The van der Waals surface area contributed by atoms with Crippen LogP contribution in [0, 0.1) is 22.7 Å². The quantitative estimate of drug-likeness (QED) is 0.353. The maximum atomic E-state index is 8.34. The monoisotopic (exact) mass is 165 g/mol. The van der Waals surface area contributed by atoms with Crippen LogP contribution in [0.1, 0.15) is 6.92 Å². The first-order valence-electron chi connectivity index (χ1n) is 3.44. The Morgan fingerprint density at radius 1 is 1.42 bits per heavy atom. The zero-order chi connectivity index (χ0) is 9.56. The van der Waals surface area contributed by atoms with Crippen LogP contribution in [0.4, 0.5) is 0 Å². The number of rotatable bonds is 3. The van der Waals surface area contributed by atoms with Crippen molar-refractivity contribution in [2.24, 2.45) is 0 Å². The zero-order valence-electron chi connectivity index (χ0n) is 7.40. The molecule has 0 aliphatic carbocycles. The first-order valence-corrected chi connectivity index (χ1v) is 3.44. The van der Waals surface area contributed by atoms with E-state index in [2.05, 4.69) is 0 Å². The lowest BCUT2D eigenvalue weighted by Gasteiger charge is -2.18. The van der Waals surface area contributed by atoms with Gasteiger partial charge in [0.15, 0.2) is 5.57 Å². The number of allylic oxidation sites excluding steroid dienone is 1. The summed E-state index contributed by atoms with van der Waals surface area (Å²) in [5, 5.41) is 16.7. The molecular formula is C8H11N3O. The Balaban J connectivity index is 4.07. The van der Waals surface area contributed by atoms with Crippen molar-refractivity contribution in [3.63, 3.8) is 0 Å². The highest BCUT2D eigenvalue weighted by molar-refractivity contribution is 5.33. The molecule has 1 unspecified atom stereocenters. The topological polar surface area (TPSA) is 60.0 Å². The van der Waals surface area contributed by atoms with E-state index in [1.54, 1.807) is 12.1 Å². The summed E-state index contributed by atoms with van der Waals surface area (Å²) in [6.07, 6.45) is 1.03. The molecule has 4 heteroatoms. The van der Waals surface area contributed by atoms with Gasteiger partial charge in [0, 0.05) is 0 Å². The van der Waals surface area contributed by atoms with Crippen LogP contribution in [-0.4, -0.2) is 25.2 Å². The number of hydrogen-bond donors (Lipinski definition) is 0. The largest absolute Gasteiger partial charge is 0.481 e. The molecule has 12 heavy (non-hydrogen) atoms. The van der Waals surface area contributed by atoms with Crippen LogP contribution in [0.5, 0.6) is 0 Å². The van der Waals surface area contributed by atoms with Gasteiger partial charge in [-0.2, -0.15) is 10.5 Å². The summed E-state index contributed by atoms with van der Waals surface area (Å²) in [5.41, 5.74) is -0.0244. The third kappa shape index (κ3) is 3.60. The molecule has 1 atom stereocenters. The minimum absolute atomic E-state index is 0.0244. The number of ether oxygens (including phenoxy) is 1. The molecule has 0 amide bonds. The summed E-state index contributed by atoms with van der Waals surface area (Å²) in [6, 6.07) is 3.40. The molecule has 0 fully saturated rings.